The van der Waals surface area contributed by atoms with Crippen molar-refractivity contribution in [1.82, 2.24) is 9.97 Å². The third-order valence-corrected chi connectivity index (χ3v) is 3.19. The smallest absolute Gasteiger partial charge is 0.451 e. The zero-order valence-corrected chi connectivity index (χ0v) is 11.5. The Kier molecular flexibility index (Phi) is 3.63. The molecule has 0 N–H and O–H groups in total. The Morgan fingerprint density at radius 1 is 1.22 bits per heavy atom. The lowest BCUT2D eigenvalue weighted by Crippen LogP contribution is -2.38. The Hall–Kier alpha value is -2.71. The highest BCUT2D eigenvalue weighted by Gasteiger charge is 2.35. The van der Waals surface area contributed by atoms with Crippen molar-refractivity contribution in [3.63, 3.8) is 0 Å². The number of anilines is 1. The van der Waals surface area contributed by atoms with Crippen LogP contribution in [0.2, 0.25) is 0 Å². The summed E-state index contributed by atoms with van der Waals surface area (Å²) in [6.45, 7) is 0.206. The van der Waals surface area contributed by atoms with Crippen molar-refractivity contribution in [3.05, 3.63) is 47.8 Å². The third-order valence-electron chi connectivity index (χ3n) is 3.19. The number of benzene rings is 1. The molecule has 1 aromatic heterocycles. The fraction of sp³-hybridized carbons (Fsp3) is 0.214. The van der Waals surface area contributed by atoms with Gasteiger partial charge in [0.05, 0.1) is 12.1 Å². The van der Waals surface area contributed by atoms with Crippen molar-refractivity contribution in [2.75, 3.05) is 18.1 Å². The van der Waals surface area contributed by atoms with Gasteiger partial charge in [-0.1, -0.05) is 6.07 Å². The number of fused-ring (bicyclic) bond motifs is 1. The summed E-state index contributed by atoms with van der Waals surface area (Å²) < 4.78 is 56.6. The molecule has 0 saturated carbocycles. The van der Waals surface area contributed by atoms with Crippen molar-refractivity contribution >= 4 is 11.6 Å². The van der Waals surface area contributed by atoms with E-state index in [1.54, 1.807) is 0 Å². The maximum absolute atomic E-state index is 14.0. The molecule has 1 aromatic carbocycles. The van der Waals surface area contributed by atoms with Gasteiger partial charge in [-0.2, -0.15) is 13.2 Å². The Balaban J connectivity index is 1.93. The first-order chi connectivity index (χ1) is 10.9. The van der Waals surface area contributed by atoms with Crippen LogP contribution in [0.15, 0.2) is 30.6 Å². The minimum absolute atomic E-state index is 0.0522. The first kappa shape index (κ1) is 15.2. The fourth-order valence-corrected chi connectivity index (χ4v) is 2.18. The molecule has 2 aromatic rings. The van der Waals surface area contributed by atoms with Gasteiger partial charge in [0.15, 0.2) is 5.82 Å². The van der Waals surface area contributed by atoms with E-state index < -0.39 is 23.7 Å². The van der Waals surface area contributed by atoms with Crippen molar-refractivity contribution in [3.8, 4) is 5.75 Å². The Labute approximate surface area is 127 Å². The summed E-state index contributed by atoms with van der Waals surface area (Å²) >= 11 is 0. The Morgan fingerprint density at radius 2 is 1.91 bits per heavy atom. The van der Waals surface area contributed by atoms with E-state index in [1.807, 2.05) is 0 Å². The second-order valence-corrected chi connectivity index (χ2v) is 4.68. The van der Waals surface area contributed by atoms with Gasteiger partial charge in [-0.3, -0.25) is 9.69 Å². The van der Waals surface area contributed by atoms with E-state index >= 15 is 0 Å². The molecule has 9 heteroatoms. The number of rotatable bonds is 1. The molecule has 3 rings (SSSR count). The SMILES string of the molecule is O=C(c1cnc(C(F)(F)F)nc1)N1CCOc2cccc(F)c21. The minimum atomic E-state index is -4.70. The zero-order valence-electron chi connectivity index (χ0n) is 11.5. The molecule has 0 saturated heterocycles. The molecule has 1 aliphatic heterocycles. The van der Waals surface area contributed by atoms with Crippen LogP contribution in [0.25, 0.3) is 0 Å². The van der Waals surface area contributed by atoms with Crippen molar-refractivity contribution in [1.29, 1.82) is 0 Å². The summed E-state index contributed by atoms with van der Waals surface area (Å²) in [5.74, 6) is -2.52. The summed E-state index contributed by atoms with van der Waals surface area (Å²) in [6, 6.07) is 4.10. The standard InChI is InChI=1S/C14H9F4N3O2/c15-9-2-1-3-10-11(9)21(4-5-23-10)12(22)8-6-19-13(20-7-8)14(16,17)18/h1-3,6-7H,4-5H2. The van der Waals surface area contributed by atoms with E-state index in [2.05, 4.69) is 9.97 Å². The van der Waals surface area contributed by atoms with Crippen LogP contribution in [0.5, 0.6) is 5.75 Å². The monoisotopic (exact) mass is 327 g/mol. The minimum Gasteiger partial charge on any atom is -0.489 e. The average molecular weight is 327 g/mol. The molecule has 2 heterocycles. The topological polar surface area (TPSA) is 55.3 Å². The highest BCUT2D eigenvalue weighted by Crippen LogP contribution is 2.34. The van der Waals surface area contributed by atoms with Crippen LogP contribution in [0.1, 0.15) is 16.2 Å². The summed E-state index contributed by atoms with van der Waals surface area (Å²) in [4.78, 5) is 19.8. The lowest BCUT2D eigenvalue weighted by molar-refractivity contribution is -0.145. The molecule has 0 atom stereocenters. The largest absolute Gasteiger partial charge is 0.489 e. The van der Waals surface area contributed by atoms with Gasteiger partial charge in [-0.15, -0.1) is 0 Å². The van der Waals surface area contributed by atoms with Crippen molar-refractivity contribution < 1.29 is 27.1 Å². The van der Waals surface area contributed by atoms with Gasteiger partial charge in [0.2, 0.25) is 5.82 Å². The zero-order chi connectivity index (χ0) is 16.6. The summed E-state index contributed by atoms with van der Waals surface area (Å²) in [6.07, 6.45) is -3.15. The van der Waals surface area contributed by atoms with Crippen LogP contribution >= 0.6 is 0 Å². The quantitative estimate of drug-likeness (QED) is 0.756. The van der Waals surface area contributed by atoms with E-state index in [-0.39, 0.29) is 30.2 Å². The Morgan fingerprint density at radius 3 is 2.57 bits per heavy atom. The van der Waals surface area contributed by atoms with E-state index in [0.29, 0.717) is 0 Å². The number of alkyl halides is 3. The van der Waals surface area contributed by atoms with Crippen molar-refractivity contribution in [2.45, 2.75) is 6.18 Å². The van der Waals surface area contributed by atoms with E-state index in [4.69, 9.17) is 4.74 Å². The maximum Gasteiger partial charge on any atom is 0.451 e. The molecule has 1 amide bonds. The van der Waals surface area contributed by atoms with E-state index in [9.17, 15) is 22.4 Å². The highest BCUT2D eigenvalue weighted by atomic mass is 19.4. The number of halogens is 4. The van der Waals surface area contributed by atoms with Gasteiger partial charge in [0.25, 0.3) is 5.91 Å². The molecule has 0 fully saturated rings. The molecule has 0 spiro atoms. The average Bonchev–Trinajstić information content (AvgIpc) is 2.53. The van der Waals surface area contributed by atoms with Crippen molar-refractivity contribution in [2.24, 2.45) is 0 Å². The van der Waals surface area contributed by atoms with Crippen LogP contribution in [0, 0.1) is 5.82 Å². The van der Waals surface area contributed by atoms with Gasteiger partial charge in [-0.25, -0.2) is 14.4 Å². The number of amides is 1. The van der Waals surface area contributed by atoms with Crippen LogP contribution in [0.3, 0.4) is 0 Å². The lowest BCUT2D eigenvalue weighted by Gasteiger charge is -2.29. The number of hydrogen-bond donors (Lipinski definition) is 0. The predicted octanol–water partition coefficient (Wildman–Crippen LogP) is 2.67. The van der Waals surface area contributed by atoms with E-state index in [0.717, 1.165) is 23.4 Å². The number of ether oxygens (including phenoxy) is 1. The third kappa shape index (κ3) is 2.81. The van der Waals surface area contributed by atoms with Gasteiger partial charge >= 0.3 is 6.18 Å². The first-order valence-electron chi connectivity index (χ1n) is 6.50. The molecule has 0 bridgehead atoms. The first-order valence-corrected chi connectivity index (χ1v) is 6.50. The molecule has 1 aliphatic rings. The molecule has 0 radical (unpaired) electrons. The number of para-hydroxylation sites is 1. The number of carbonyl (C=O) groups excluding carboxylic acids is 1. The fourth-order valence-electron chi connectivity index (χ4n) is 2.18. The van der Waals surface area contributed by atoms with E-state index in [1.165, 1.54) is 12.1 Å². The van der Waals surface area contributed by atoms with Crippen LogP contribution in [-0.2, 0) is 6.18 Å². The second-order valence-electron chi connectivity index (χ2n) is 4.68. The van der Waals surface area contributed by atoms with Crippen LogP contribution < -0.4 is 9.64 Å². The molecule has 0 aliphatic carbocycles. The maximum atomic E-state index is 14.0. The predicted molar refractivity (Wildman–Crippen MR) is 70.6 cm³/mol. The molecule has 120 valence electrons. The molecular formula is C14H9F4N3O2. The van der Waals surface area contributed by atoms with Gasteiger partial charge in [0, 0.05) is 12.4 Å². The molecule has 5 nitrogen and oxygen atoms in total. The van der Waals surface area contributed by atoms with Crippen LogP contribution in [0.4, 0.5) is 23.2 Å². The summed E-state index contributed by atoms with van der Waals surface area (Å²) in [5.41, 5.74) is -0.224. The van der Waals surface area contributed by atoms with Gasteiger partial charge in [0.1, 0.15) is 18.0 Å². The number of nitrogens with zero attached hydrogens (tertiary/aromatic N) is 3. The molecule has 0 unspecified atom stereocenters. The number of carbonyl (C=O) groups is 1. The summed E-state index contributed by atoms with van der Waals surface area (Å²) in [7, 11) is 0. The molecular weight excluding hydrogens is 318 g/mol. The number of hydrogen-bond acceptors (Lipinski definition) is 4. The van der Waals surface area contributed by atoms with Crippen LogP contribution in [-0.4, -0.2) is 29.0 Å². The second kappa shape index (κ2) is 5.49. The number of aromatic nitrogens is 2. The normalized spacial score (nSPS) is 14.2. The van der Waals surface area contributed by atoms with Gasteiger partial charge < -0.3 is 4.74 Å². The van der Waals surface area contributed by atoms with Gasteiger partial charge in [-0.05, 0) is 12.1 Å². The summed E-state index contributed by atoms with van der Waals surface area (Å²) in [5, 5.41) is 0. The highest BCUT2D eigenvalue weighted by molar-refractivity contribution is 6.06. The Bertz CT molecular complexity index is 747. The molecule has 23 heavy (non-hydrogen) atoms. The lowest BCUT2D eigenvalue weighted by atomic mass is 10.2.